The first-order valence-corrected chi connectivity index (χ1v) is 13.3. The molecule has 44 heavy (non-hydrogen) atoms. The number of ether oxygens (including phenoxy) is 4. The van der Waals surface area contributed by atoms with E-state index in [0.717, 1.165) is 0 Å². The van der Waals surface area contributed by atoms with Crippen LogP contribution in [0.2, 0.25) is 0 Å². The zero-order valence-electron chi connectivity index (χ0n) is 23.5. The summed E-state index contributed by atoms with van der Waals surface area (Å²) >= 11 is 0. The van der Waals surface area contributed by atoms with Crippen molar-refractivity contribution in [3.8, 4) is 45.9 Å². The molecule has 2 N–H and O–H groups in total. The van der Waals surface area contributed by atoms with Crippen LogP contribution >= 0.6 is 0 Å². The number of hydrogen-bond acceptors (Lipinski definition) is 10. The molecule has 2 aromatic heterocycles. The number of aromatic nitrogens is 2. The monoisotopic (exact) mass is 588 g/mol. The maximum absolute atomic E-state index is 12.7. The van der Waals surface area contributed by atoms with Gasteiger partial charge in [-0.1, -0.05) is 36.4 Å². The molecule has 0 radical (unpaired) electrons. The summed E-state index contributed by atoms with van der Waals surface area (Å²) in [4.78, 5) is 34.5. The number of para-hydroxylation sites is 2. The highest BCUT2D eigenvalue weighted by Gasteiger charge is 2.26. The molecule has 0 aliphatic heterocycles. The Morgan fingerprint density at radius 2 is 0.909 bits per heavy atom. The predicted octanol–water partition coefficient (Wildman–Crippen LogP) is 7.02. The maximum atomic E-state index is 12.7. The van der Waals surface area contributed by atoms with E-state index in [4.69, 9.17) is 18.9 Å². The highest BCUT2D eigenvalue weighted by Crippen LogP contribution is 2.42. The molecule has 10 nitrogen and oxygen atoms in total. The number of carbonyl (C=O) groups excluding carboxylic acids is 2. The van der Waals surface area contributed by atoms with Crippen LogP contribution in [0.4, 0.5) is 0 Å². The molecule has 218 valence electrons. The lowest BCUT2D eigenvalue weighted by Crippen LogP contribution is -2.09. The first-order valence-electron chi connectivity index (χ1n) is 13.3. The summed E-state index contributed by atoms with van der Waals surface area (Å²) in [6.45, 7) is 0. The Morgan fingerprint density at radius 1 is 0.523 bits per heavy atom. The van der Waals surface area contributed by atoms with Crippen molar-refractivity contribution in [2.45, 2.75) is 0 Å². The van der Waals surface area contributed by atoms with Crippen LogP contribution in [-0.2, 0) is 9.47 Å². The number of carbonyl (C=O) groups is 2. The van der Waals surface area contributed by atoms with Gasteiger partial charge in [-0.3, -0.25) is 0 Å². The lowest BCUT2D eigenvalue weighted by Gasteiger charge is -2.16. The van der Waals surface area contributed by atoms with Crippen molar-refractivity contribution in [1.82, 2.24) is 9.97 Å². The zero-order chi connectivity index (χ0) is 30.8. The number of hydrogen-bond donors (Lipinski definition) is 2. The average Bonchev–Trinajstić information content (AvgIpc) is 3.05. The van der Waals surface area contributed by atoms with Crippen molar-refractivity contribution in [1.29, 1.82) is 0 Å². The molecular formula is C34H24N2O8. The van der Waals surface area contributed by atoms with Crippen molar-refractivity contribution in [3.63, 3.8) is 0 Å². The normalized spacial score (nSPS) is 10.9. The van der Waals surface area contributed by atoms with Gasteiger partial charge < -0.3 is 29.2 Å². The van der Waals surface area contributed by atoms with Gasteiger partial charge in [0.05, 0.1) is 25.6 Å². The summed E-state index contributed by atoms with van der Waals surface area (Å²) < 4.78 is 21.8. The average molecular weight is 589 g/mol. The van der Waals surface area contributed by atoms with Crippen LogP contribution in [0.3, 0.4) is 0 Å². The molecule has 4 aromatic carbocycles. The van der Waals surface area contributed by atoms with Crippen LogP contribution in [0, 0.1) is 0 Å². The van der Waals surface area contributed by atoms with Crippen molar-refractivity contribution >= 4 is 33.5 Å². The lowest BCUT2D eigenvalue weighted by atomic mass is 9.99. The quantitative estimate of drug-likeness (QED) is 0.187. The number of benzene rings is 4. The molecule has 0 spiro atoms. The van der Waals surface area contributed by atoms with Gasteiger partial charge in [0, 0.05) is 21.5 Å². The minimum atomic E-state index is -0.889. The third-order valence-corrected chi connectivity index (χ3v) is 6.84. The van der Waals surface area contributed by atoms with E-state index in [0.29, 0.717) is 33.8 Å². The summed E-state index contributed by atoms with van der Waals surface area (Å²) in [5.74, 6) is -0.652. The Morgan fingerprint density at radius 3 is 1.27 bits per heavy atom. The SMILES string of the molecule is COC(=O)c1nc(-c2nc(C(=O)OC)c(O)c3ccc(Oc4ccccc4)cc23)c2cc(Oc3ccccc3)ccc2c1O. The highest BCUT2D eigenvalue weighted by atomic mass is 16.5. The fourth-order valence-electron chi connectivity index (χ4n) is 4.77. The molecule has 0 aliphatic rings. The van der Waals surface area contributed by atoms with Crippen molar-refractivity contribution in [2.24, 2.45) is 0 Å². The number of rotatable bonds is 7. The van der Waals surface area contributed by atoms with Gasteiger partial charge in [-0.25, -0.2) is 19.6 Å². The Labute approximate surface area is 250 Å². The number of aromatic hydroxyl groups is 2. The van der Waals surface area contributed by atoms with E-state index in [1.165, 1.54) is 14.2 Å². The summed E-state index contributed by atoms with van der Waals surface area (Å²) in [5, 5.41) is 23.4. The minimum absolute atomic E-state index is 0.101. The van der Waals surface area contributed by atoms with Crippen LogP contribution in [0.1, 0.15) is 21.0 Å². The first-order chi connectivity index (χ1) is 21.4. The third-order valence-electron chi connectivity index (χ3n) is 6.84. The van der Waals surface area contributed by atoms with Crippen LogP contribution in [0.5, 0.6) is 34.5 Å². The maximum Gasteiger partial charge on any atom is 0.360 e. The first kappa shape index (κ1) is 28.0. The summed E-state index contributed by atoms with van der Waals surface area (Å²) in [6.07, 6.45) is 0. The predicted molar refractivity (Wildman–Crippen MR) is 162 cm³/mol. The van der Waals surface area contributed by atoms with E-state index in [1.54, 1.807) is 60.7 Å². The van der Waals surface area contributed by atoms with Gasteiger partial charge in [0.1, 0.15) is 23.0 Å². The molecule has 2 heterocycles. The molecule has 0 aliphatic carbocycles. The molecule has 6 aromatic rings. The number of fused-ring (bicyclic) bond motifs is 2. The number of pyridine rings is 2. The van der Waals surface area contributed by atoms with Gasteiger partial charge in [0.2, 0.25) is 0 Å². The Kier molecular flexibility index (Phi) is 7.38. The van der Waals surface area contributed by atoms with Crippen LogP contribution < -0.4 is 9.47 Å². The van der Waals surface area contributed by atoms with E-state index in [9.17, 15) is 19.8 Å². The zero-order valence-corrected chi connectivity index (χ0v) is 23.5. The lowest BCUT2D eigenvalue weighted by molar-refractivity contribution is 0.0581. The van der Waals surface area contributed by atoms with Gasteiger partial charge in [-0.2, -0.15) is 0 Å². The molecule has 0 amide bonds. The molecule has 0 unspecified atom stereocenters. The van der Waals surface area contributed by atoms with Gasteiger partial charge in [-0.05, 0) is 60.7 Å². The van der Waals surface area contributed by atoms with E-state index in [1.807, 2.05) is 36.4 Å². The number of esters is 2. The summed E-state index contributed by atoms with van der Waals surface area (Å²) in [5.41, 5.74) is -0.537. The summed E-state index contributed by atoms with van der Waals surface area (Å²) in [6, 6.07) is 27.9. The molecule has 6 rings (SSSR count). The third kappa shape index (κ3) is 5.16. The second-order valence-corrected chi connectivity index (χ2v) is 9.54. The molecule has 0 bridgehead atoms. The molecule has 10 heteroatoms. The van der Waals surface area contributed by atoms with E-state index in [-0.39, 0.29) is 33.5 Å². The second kappa shape index (κ2) is 11.6. The molecule has 0 saturated carbocycles. The standard InChI is InChI=1S/C34H24N2O8/c1-41-33(39)29-31(37)23-15-13-21(43-19-9-5-3-6-10-19)17-25(23)27(35-29)28-26-18-22(44-20-11-7-4-8-12-20)14-16-24(26)32(38)30(36-28)34(40)42-2/h3-18,37-38H,1-2H3. The van der Waals surface area contributed by atoms with Gasteiger partial charge in [0.15, 0.2) is 22.9 Å². The molecular weight excluding hydrogens is 564 g/mol. The van der Waals surface area contributed by atoms with E-state index >= 15 is 0 Å². The van der Waals surface area contributed by atoms with Gasteiger partial charge in [-0.15, -0.1) is 0 Å². The van der Waals surface area contributed by atoms with E-state index < -0.39 is 23.4 Å². The molecule has 0 atom stereocenters. The fraction of sp³-hybridized carbons (Fsp3) is 0.0588. The van der Waals surface area contributed by atoms with Crippen molar-refractivity contribution < 1.29 is 38.7 Å². The van der Waals surface area contributed by atoms with Crippen molar-refractivity contribution in [3.05, 3.63) is 108 Å². The van der Waals surface area contributed by atoms with Crippen molar-refractivity contribution in [2.75, 3.05) is 14.2 Å². The van der Waals surface area contributed by atoms with E-state index in [2.05, 4.69) is 9.97 Å². The smallest absolute Gasteiger partial charge is 0.360 e. The van der Waals surface area contributed by atoms with Crippen LogP contribution in [0.15, 0.2) is 97.1 Å². The van der Waals surface area contributed by atoms with Gasteiger partial charge in [0.25, 0.3) is 0 Å². The molecule has 0 saturated heterocycles. The number of methoxy groups -OCH3 is 2. The largest absolute Gasteiger partial charge is 0.505 e. The number of nitrogens with zero attached hydrogens (tertiary/aromatic N) is 2. The Bertz CT molecular complexity index is 1900. The molecule has 0 fully saturated rings. The Hall–Kier alpha value is -6.16. The van der Waals surface area contributed by atoms with Gasteiger partial charge >= 0.3 is 11.9 Å². The Balaban J connectivity index is 1.66. The fourth-order valence-corrected chi connectivity index (χ4v) is 4.77. The minimum Gasteiger partial charge on any atom is -0.505 e. The van der Waals surface area contributed by atoms with Crippen LogP contribution in [-0.4, -0.2) is 46.3 Å². The summed E-state index contributed by atoms with van der Waals surface area (Å²) in [7, 11) is 2.34. The topological polar surface area (TPSA) is 137 Å². The highest BCUT2D eigenvalue weighted by molar-refractivity contribution is 6.11. The second-order valence-electron chi connectivity index (χ2n) is 9.54. The van der Waals surface area contributed by atoms with Crippen LogP contribution in [0.25, 0.3) is 32.9 Å².